The third kappa shape index (κ3) is 6.06. The highest BCUT2D eigenvalue weighted by Crippen LogP contribution is 2.31. The van der Waals surface area contributed by atoms with E-state index in [0.29, 0.717) is 6.42 Å². The van der Waals surface area contributed by atoms with E-state index >= 15 is 0 Å². The minimum Gasteiger partial charge on any atom is -0.303 e. The average Bonchev–Trinajstić information content (AvgIpc) is 2.56. The van der Waals surface area contributed by atoms with Crippen molar-refractivity contribution in [3.8, 4) is 11.8 Å². The lowest BCUT2D eigenvalue weighted by atomic mass is 9.83. The first kappa shape index (κ1) is 18.0. The molecule has 0 saturated carbocycles. The van der Waals surface area contributed by atoms with Crippen LogP contribution in [0.2, 0.25) is 0 Å². The van der Waals surface area contributed by atoms with Crippen molar-refractivity contribution in [2.45, 2.75) is 52.9 Å². The molecule has 0 aromatic heterocycles. The monoisotopic (exact) mass is 291 g/mol. The lowest BCUT2D eigenvalue weighted by Crippen LogP contribution is -2.35. The van der Waals surface area contributed by atoms with Gasteiger partial charge in [0.15, 0.2) is 0 Å². The van der Waals surface area contributed by atoms with Crippen LogP contribution in [-0.2, 0) is 0 Å². The molecule has 0 unspecified atom stereocenters. The molecule has 2 heteroatoms. The van der Waals surface area contributed by atoms with Crippen LogP contribution in [0.25, 0.3) is 0 Å². The molecule has 0 amide bonds. The Bertz CT molecular complexity index is 403. The fraction of sp³-hybridized carbons (Fsp3) is 0.684. The molecule has 118 valence electrons. The number of allylic oxidation sites excluding steroid dienone is 4. The Hall–Kier alpha value is -1.07. The molecule has 1 saturated heterocycles. The second-order valence-electron chi connectivity index (χ2n) is 5.47. The molecule has 0 radical (unpaired) electrons. The van der Waals surface area contributed by atoms with E-state index in [0.717, 1.165) is 32.0 Å². The van der Waals surface area contributed by atoms with E-state index in [-0.39, 0.29) is 6.67 Å². The van der Waals surface area contributed by atoms with Gasteiger partial charge in [0.25, 0.3) is 0 Å². The van der Waals surface area contributed by atoms with Crippen LogP contribution in [-0.4, -0.2) is 31.2 Å². The lowest BCUT2D eigenvalue weighted by Gasteiger charge is -2.33. The van der Waals surface area contributed by atoms with Gasteiger partial charge in [0, 0.05) is 12.1 Å². The van der Waals surface area contributed by atoms with Crippen LogP contribution in [0.4, 0.5) is 4.39 Å². The summed E-state index contributed by atoms with van der Waals surface area (Å²) in [4.78, 5) is 2.41. The van der Waals surface area contributed by atoms with Crippen LogP contribution < -0.4 is 0 Å². The summed E-state index contributed by atoms with van der Waals surface area (Å²) in [7, 11) is 0. The Kier molecular flexibility index (Phi) is 9.10. The van der Waals surface area contributed by atoms with Gasteiger partial charge in [-0.15, -0.1) is 5.92 Å². The Labute approximate surface area is 130 Å². The number of likely N-dealkylation sites (tertiary alicyclic amines) is 1. The van der Waals surface area contributed by atoms with Gasteiger partial charge < -0.3 is 4.90 Å². The van der Waals surface area contributed by atoms with E-state index in [1.54, 1.807) is 5.57 Å². The summed E-state index contributed by atoms with van der Waals surface area (Å²) >= 11 is 0. The molecule has 1 nitrogen and oxygen atoms in total. The number of hydrogen-bond donors (Lipinski definition) is 0. The second kappa shape index (κ2) is 10.6. The standard InChI is InChI=1S/C17H24FN.C2H6/c1-2-4-15-5-7-16(8-6-15)17-9-13-19(14-10-17)12-3-11-18;1-2/h5,7,17H,3,6,8-14H2,1H3;1-2H3. The van der Waals surface area contributed by atoms with Gasteiger partial charge in [0.05, 0.1) is 6.67 Å². The average molecular weight is 291 g/mol. The number of hydrogen-bond acceptors (Lipinski definition) is 1. The summed E-state index contributed by atoms with van der Waals surface area (Å²) in [5.74, 6) is 6.88. The maximum Gasteiger partial charge on any atom is 0.0906 e. The molecule has 0 atom stereocenters. The second-order valence-corrected chi connectivity index (χ2v) is 5.47. The van der Waals surface area contributed by atoms with Crippen molar-refractivity contribution in [2.24, 2.45) is 5.92 Å². The van der Waals surface area contributed by atoms with E-state index in [1.807, 2.05) is 20.8 Å². The van der Waals surface area contributed by atoms with E-state index < -0.39 is 0 Å². The van der Waals surface area contributed by atoms with E-state index in [4.69, 9.17) is 0 Å². The maximum absolute atomic E-state index is 12.2. The van der Waals surface area contributed by atoms with Crippen LogP contribution in [0.15, 0.2) is 23.3 Å². The zero-order chi connectivity index (χ0) is 15.5. The highest BCUT2D eigenvalue weighted by molar-refractivity contribution is 5.36. The van der Waals surface area contributed by atoms with Crippen LogP contribution in [0.5, 0.6) is 0 Å². The molecule has 1 aliphatic carbocycles. The van der Waals surface area contributed by atoms with Crippen molar-refractivity contribution in [1.29, 1.82) is 0 Å². The van der Waals surface area contributed by atoms with Crippen molar-refractivity contribution >= 4 is 0 Å². The molecular formula is C19H30FN. The lowest BCUT2D eigenvalue weighted by molar-refractivity contribution is 0.190. The van der Waals surface area contributed by atoms with Gasteiger partial charge in [0.1, 0.15) is 0 Å². The highest BCUT2D eigenvalue weighted by atomic mass is 19.1. The van der Waals surface area contributed by atoms with Crippen molar-refractivity contribution in [3.05, 3.63) is 23.3 Å². The fourth-order valence-electron chi connectivity index (χ4n) is 3.07. The minimum absolute atomic E-state index is 0.183. The summed E-state index contributed by atoms with van der Waals surface area (Å²) < 4.78 is 12.2. The van der Waals surface area contributed by atoms with Gasteiger partial charge in [-0.2, -0.15) is 0 Å². The molecule has 2 rings (SSSR count). The zero-order valence-corrected chi connectivity index (χ0v) is 13.9. The Balaban J connectivity index is 0.00000106. The van der Waals surface area contributed by atoms with Gasteiger partial charge >= 0.3 is 0 Å². The molecular weight excluding hydrogens is 261 g/mol. The van der Waals surface area contributed by atoms with Crippen molar-refractivity contribution in [3.63, 3.8) is 0 Å². The molecule has 0 aromatic carbocycles. The van der Waals surface area contributed by atoms with Gasteiger partial charge in [-0.1, -0.05) is 37.5 Å². The smallest absolute Gasteiger partial charge is 0.0906 e. The van der Waals surface area contributed by atoms with Crippen LogP contribution in [0.3, 0.4) is 0 Å². The zero-order valence-electron chi connectivity index (χ0n) is 13.9. The van der Waals surface area contributed by atoms with Crippen molar-refractivity contribution in [1.82, 2.24) is 4.90 Å². The first-order valence-electron chi connectivity index (χ1n) is 8.44. The van der Waals surface area contributed by atoms with Crippen molar-refractivity contribution < 1.29 is 4.39 Å². The SMILES string of the molecule is CC.CC#CC1=CC=C(C2CCN(CCCF)CC2)CC1. The first-order chi connectivity index (χ1) is 10.3. The van der Waals surface area contributed by atoms with Crippen LogP contribution in [0, 0.1) is 17.8 Å². The largest absolute Gasteiger partial charge is 0.303 e. The third-order valence-electron chi connectivity index (χ3n) is 4.19. The molecule has 2 aliphatic rings. The predicted octanol–water partition coefficient (Wildman–Crippen LogP) is 4.75. The molecule has 0 N–H and O–H groups in total. The summed E-state index contributed by atoms with van der Waals surface area (Å²) in [6, 6.07) is 0. The number of alkyl halides is 1. The van der Waals surface area contributed by atoms with Gasteiger partial charge in [-0.05, 0) is 58.0 Å². The Morgan fingerprint density at radius 3 is 2.43 bits per heavy atom. The summed E-state index contributed by atoms with van der Waals surface area (Å²) in [5, 5.41) is 0. The fourth-order valence-corrected chi connectivity index (χ4v) is 3.07. The van der Waals surface area contributed by atoms with Gasteiger partial charge in [0.2, 0.25) is 0 Å². The third-order valence-corrected chi connectivity index (χ3v) is 4.19. The Morgan fingerprint density at radius 2 is 1.90 bits per heavy atom. The molecule has 1 fully saturated rings. The number of piperidine rings is 1. The Morgan fingerprint density at radius 1 is 1.19 bits per heavy atom. The van der Waals surface area contributed by atoms with Crippen molar-refractivity contribution in [2.75, 3.05) is 26.3 Å². The summed E-state index contributed by atoms with van der Waals surface area (Å²) in [5.41, 5.74) is 2.87. The summed E-state index contributed by atoms with van der Waals surface area (Å²) in [6.07, 6.45) is 9.94. The van der Waals surface area contributed by atoms with E-state index in [1.165, 1.54) is 24.8 Å². The number of halogens is 1. The van der Waals surface area contributed by atoms with E-state index in [2.05, 4.69) is 28.9 Å². The quantitative estimate of drug-likeness (QED) is 0.675. The van der Waals surface area contributed by atoms with Gasteiger partial charge in [-0.3, -0.25) is 4.39 Å². The summed E-state index contributed by atoms with van der Waals surface area (Å²) in [6.45, 7) is 8.91. The minimum atomic E-state index is -0.183. The molecule has 0 spiro atoms. The molecule has 1 heterocycles. The predicted molar refractivity (Wildman–Crippen MR) is 90.0 cm³/mol. The topological polar surface area (TPSA) is 3.24 Å². The molecule has 21 heavy (non-hydrogen) atoms. The normalized spacial score (nSPS) is 19.6. The molecule has 0 bridgehead atoms. The van der Waals surface area contributed by atoms with Gasteiger partial charge in [-0.25, -0.2) is 0 Å². The molecule has 0 aromatic rings. The first-order valence-corrected chi connectivity index (χ1v) is 8.44. The van der Waals surface area contributed by atoms with E-state index in [9.17, 15) is 4.39 Å². The highest BCUT2D eigenvalue weighted by Gasteiger charge is 2.22. The number of nitrogens with zero attached hydrogens (tertiary/aromatic N) is 1. The van der Waals surface area contributed by atoms with Crippen LogP contribution >= 0.6 is 0 Å². The molecule has 1 aliphatic heterocycles. The van der Waals surface area contributed by atoms with Crippen LogP contribution in [0.1, 0.15) is 52.9 Å². The number of rotatable bonds is 4. The maximum atomic E-state index is 12.2.